The van der Waals surface area contributed by atoms with Gasteiger partial charge in [0.2, 0.25) is 5.91 Å². The van der Waals surface area contributed by atoms with Gasteiger partial charge in [0.15, 0.2) is 0 Å². The number of primary amides is 1. The molecule has 1 aromatic heterocycles. The highest BCUT2D eigenvalue weighted by Gasteiger charge is 2.13. The molecule has 1 rings (SSSR count). The molecule has 72 valence electrons. The number of nitrogens with two attached hydrogens (primary N) is 2. The van der Waals surface area contributed by atoms with Crippen molar-refractivity contribution >= 4 is 49.1 Å². The van der Waals surface area contributed by atoms with Gasteiger partial charge in [0.25, 0.3) is 0 Å². The van der Waals surface area contributed by atoms with Gasteiger partial charge in [-0.1, -0.05) is 0 Å². The van der Waals surface area contributed by atoms with Gasteiger partial charge in [-0.15, -0.1) is 11.3 Å². The summed E-state index contributed by atoms with van der Waals surface area (Å²) in [6.07, 6.45) is 0.180. The average Bonchev–Trinajstić information content (AvgIpc) is 2.31. The van der Waals surface area contributed by atoms with Gasteiger partial charge in [-0.25, -0.2) is 0 Å². The summed E-state index contributed by atoms with van der Waals surface area (Å²) in [6.45, 7) is 0. The third-order valence-corrected chi connectivity index (χ3v) is 4.84. The van der Waals surface area contributed by atoms with Gasteiger partial charge in [0, 0.05) is 21.8 Å². The van der Waals surface area contributed by atoms with Crippen LogP contribution in [0.2, 0.25) is 0 Å². The summed E-state index contributed by atoms with van der Waals surface area (Å²) in [5.41, 5.74) is 10.8. The highest BCUT2D eigenvalue weighted by atomic mass is 79.9. The number of hydrogen-bond donors (Lipinski definition) is 2. The van der Waals surface area contributed by atoms with Crippen LogP contribution in [0, 0.1) is 0 Å². The van der Waals surface area contributed by atoms with E-state index >= 15 is 0 Å². The smallest absolute Gasteiger partial charge is 0.219 e. The van der Waals surface area contributed by atoms with Crippen molar-refractivity contribution in [3.05, 3.63) is 19.2 Å². The monoisotopic (exact) mass is 326 g/mol. The summed E-state index contributed by atoms with van der Waals surface area (Å²) in [7, 11) is 0. The number of carbonyl (C=O) groups is 1. The SMILES string of the molecule is NC(=O)CC(N)c1cc(Br)c(Br)s1. The molecule has 4 N–H and O–H groups in total. The van der Waals surface area contributed by atoms with Crippen molar-refractivity contribution < 1.29 is 4.79 Å². The van der Waals surface area contributed by atoms with E-state index in [1.165, 1.54) is 11.3 Å². The van der Waals surface area contributed by atoms with Crippen molar-refractivity contribution in [1.29, 1.82) is 0 Å². The zero-order chi connectivity index (χ0) is 10.0. The standard InChI is InChI=1S/C7H8Br2N2OS/c8-3-1-5(13-7(3)9)4(10)2-6(11)12/h1,4H,2,10H2,(H2,11,12). The van der Waals surface area contributed by atoms with Crippen molar-refractivity contribution in [3.8, 4) is 0 Å². The fourth-order valence-electron chi connectivity index (χ4n) is 0.863. The molecule has 1 unspecified atom stereocenters. The van der Waals surface area contributed by atoms with Crippen molar-refractivity contribution in [2.75, 3.05) is 0 Å². The molecule has 3 nitrogen and oxygen atoms in total. The molecule has 1 heterocycles. The minimum atomic E-state index is -0.381. The highest BCUT2D eigenvalue weighted by Crippen LogP contribution is 2.35. The van der Waals surface area contributed by atoms with Crippen molar-refractivity contribution in [3.63, 3.8) is 0 Å². The number of hydrogen-bond acceptors (Lipinski definition) is 3. The lowest BCUT2D eigenvalue weighted by Crippen LogP contribution is -2.19. The number of carbonyl (C=O) groups excluding carboxylic acids is 1. The average molecular weight is 328 g/mol. The van der Waals surface area contributed by atoms with Gasteiger partial charge >= 0.3 is 0 Å². The molecule has 0 spiro atoms. The largest absolute Gasteiger partial charge is 0.370 e. The summed E-state index contributed by atoms with van der Waals surface area (Å²) in [5, 5.41) is 0. The topological polar surface area (TPSA) is 69.1 Å². The molecule has 0 aliphatic rings. The Morgan fingerprint density at radius 1 is 1.62 bits per heavy atom. The molecule has 6 heteroatoms. The van der Waals surface area contributed by atoms with Gasteiger partial charge in [0.05, 0.1) is 3.79 Å². The maximum absolute atomic E-state index is 10.6. The van der Waals surface area contributed by atoms with Gasteiger partial charge in [-0.2, -0.15) is 0 Å². The molecule has 0 aliphatic carbocycles. The molecule has 13 heavy (non-hydrogen) atoms. The van der Waals surface area contributed by atoms with Crippen LogP contribution in [0.4, 0.5) is 0 Å². The van der Waals surface area contributed by atoms with Crippen LogP contribution in [0.5, 0.6) is 0 Å². The second-order valence-electron chi connectivity index (χ2n) is 2.55. The van der Waals surface area contributed by atoms with Crippen LogP contribution in [0.1, 0.15) is 17.3 Å². The molecule has 0 aromatic carbocycles. The molecular formula is C7H8Br2N2OS. The fourth-order valence-corrected chi connectivity index (χ4v) is 2.95. The Kier molecular flexibility index (Phi) is 3.90. The number of amides is 1. The lowest BCUT2D eigenvalue weighted by Gasteiger charge is -2.04. The predicted molar refractivity (Wildman–Crippen MR) is 60.5 cm³/mol. The van der Waals surface area contributed by atoms with Crippen LogP contribution in [0.3, 0.4) is 0 Å². The van der Waals surface area contributed by atoms with Crippen molar-refractivity contribution in [2.24, 2.45) is 11.5 Å². The van der Waals surface area contributed by atoms with E-state index in [4.69, 9.17) is 11.5 Å². The first-order valence-electron chi connectivity index (χ1n) is 3.49. The molecule has 0 radical (unpaired) electrons. The predicted octanol–water partition coefficient (Wildman–Crippen LogP) is 2.15. The summed E-state index contributed by atoms with van der Waals surface area (Å²) in [5.74, 6) is -0.381. The Morgan fingerprint density at radius 3 is 2.62 bits per heavy atom. The lowest BCUT2D eigenvalue weighted by atomic mass is 10.2. The Morgan fingerprint density at radius 2 is 2.23 bits per heavy atom. The van der Waals surface area contributed by atoms with E-state index < -0.39 is 0 Å². The Hall–Kier alpha value is 0.0900. The quantitative estimate of drug-likeness (QED) is 0.893. The van der Waals surface area contributed by atoms with Crippen molar-refractivity contribution in [1.82, 2.24) is 0 Å². The molecule has 1 amide bonds. The number of rotatable bonds is 3. The van der Waals surface area contributed by atoms with E-state index in [1.807, 2.05) is 6.07 Å². The first-order chi connectivity index (χ1) is 6.00. The molecule has 0 fully saturated rings. The molecule has 0 saturated carbocycles. The van der Waals surface area contributed by atoms with Crippen LogP contribution in [0.25, 0.3) is 0 Å². The lowest BCUT2D eigenvalue weighted by molar-refractivity contribution is -0.118. The highest BCUT2D eigenvalue weighted by molar-refractivity contribution is 9.13. The van der Waals surface area contributed by atoms with E-state index in [-0.39, 0.29) is 18.4 Å². The van der Waals surface area contributed by atoms with E-state index in [0.29, 0.717) is 0 Å². The zero-order valence-corrected chi connectivity index (χ0v) is 10.6. The number of halogens is 2. The zero-order valence-electron chi connectivity index (χ0n) is 6.59. The Balaban J connectivity index is 2.77. The first-order valence-corrected chi connectivity index (χ1v) is 5.89. The van der Waals surface area contributed by atoms with E-state index in [0.717, 1.165) is 13.1 Å². The Bertz CT molecular complexity index is 307. The van der Waals surface area contributed by atoms with E-state index in [2.05, 4.69) is 31.9 Å². The van der Waals surface area contributed by atoms with Crippen LogP contribution in [0.15, 0.2) is 14.3 Å². The van der Waals surface area contributed by atoms with Crippen LogP contribution >= 0.6 is 43.2 Å². The number of thiophene rings is 1. The summed E-state index contributed by atoms with van der Waals surface area (Å²) >= 11 is 8.19. The van der Waals surface area contributed by atoms with Gasteiger partial charge in [-0.3, -0.25) is 4.79 Å². The molecule has 0 bridgehead atoms. The van der Waals surface area contributed by atoms with E-state index in [1.54, 1.807) is 0 Å². The second kappa shape index (κ2) is 4.54. The fraction of sp³-hybridized carbons (Fsp3) is 0.286. The first kappa shape index (κ1) is 11.2. The maximum atomic E-state index is 10.6. The van der Waals surface area contributed by atoms with Crippen molar-refractivity contribution in [2.45, 2.75) is 12.5 Å². The van der Waals surface area contributed by atoms with Crippen LogP contribution < -0.4 is 11.5 Å². The van der Waals surface area contributed by atoms with Gasteiger partial charge in [0.1, 0.15) is 0 Å². The van der Waals surface area contributed by atoms with E-state index in [9.17, 15) is 4.79 Å². The normalized spacial score (nSPS) is 12.8. The molecule has 0 saturated heterocycles. The molecular weight excluding hydrogens is 320 g/mol. The van der Waals surface area contributed by atoms with Gasteiger partial charge < -0.3 is 11.5 Å². The summed E-state index contributed by atoms with van der Waals surface area (Å²) < 4.78 is 1.93. The van der Waals surface area contributed by atoms with Crippen LogP contribution in [-0.2, 0) is 4.79 Å². The van der Waals surface area contributed by atoms with Crippen LogP contribution in [-0.4, -0.2) is 5.91 Å². The second-order valence-corrected chi connectivity index (χ2v) is 5.80. The molecule has 1 aromatic rings. The summed E-state index contributed by atoms with van der Waals surface area (Å²) in [4.78, 5) is 11.5. The minimum Gasteiger partial charge on any atom is -0.370 e. The minimum absolute atomic E-state index is 0.180. The molecule has 1 atom stereocenters. The third-order valence-electron chi connectivity index (χ3n) is 1.45. The maximum Gasteiger partial charge on any atom is 0.219 e. The summed E-state index contributed by atoms with van der Waals surface area (Å²) in [6, 6.07) is 1.59. The third kappa shape index (κ3) is 3.05. The van der Waals surface area contributed by atoms with Gasteiger partial charge in [-0.05, 0) is 37.9 Å². The Labute approximate surface area is 96.7 Å². The molecule has 0 aliphatic heterocycles.